The minimum absolute atomic E-state index is 0.0149. The summed E-state index contributed by atoms with van der Waals surface area (Å²) in [4.78, 5) is 0. The molecule has 1 aromatic carbocycles. The van der Waals surface area contributed by atoms with Crippen LogP contribution in [-0.2, 0) is 0 Å². The van der Waals surface area contributed by atoms with E-state index in [1.165, 1.54) is 6.42 Å². The van der Waals surface area contributed by atoms with Crippen molar-refractivity contribution in [1.29, 1.82) is 0 Å². The molecule has 0 aliphatic heterocycles. The van der Waals surface area contributed by atoms with Crippen LogP contribution in [0.15, 0.2) is 30.3 Å². The summed E-state index contributed by atoms with van der Waals surface area (Å²) in [5.41, 5.74) is 6.19. The summed E-state index contributed by atoms with van der Waals surface area (Å²) in [5, 5.41) is 30.0. The van der Waals surface area contributed by atoms with Crippen molar-refractivity contribution in [3.63, 3.8) is 0 Å². The summed E-state index contributed by atoms with van der Waals surface area (Å²) in [5.74, 6) is 0. The van der Waals surface area contributed by atoms with Crippen molar-refractivity contribution < 1.29 is 15.3 Å². The Hall–Kier alpha value is -1.20. The number of nitrogens with two attached hydrogens (primary N) is 1. The third-order valence-corrected chi connectivity index (χ3v) is 4.16. The summed E-state index contributed by atoms with van der Waals surface area (Å²) >= 11 is 0. The average molecular weight is 291 g/mol. The van der Waals surface area contributed by atoms with Gasteiger partial charge in [0.05, 0.1) is 11.7 Å². The molecule has 0 amide bonds. The van der Waals surface area contributed by atoms with Crippen LogP contribution in [0.25, 0.3) is 6.08 Å². The van der Waals surface area contributed by atoms with Gasteiger partial charge in [0.15, 0.2) is 0 Å². The lowest BCUT2D eigenvalue weighted by Crippen LogP contribution is -2.28. The van der Waals surface area contributed by atoms with Crippen LogP contribution >= 0.6 is 0 Å². The first-order chi connectivity index (χ1) is 10.0. The van der Waals surface area contributed by atoms with E-state index in [4.69, 9.17) is 5.73 Å². The highest BCUT2D eigenvalue weighted by molar-refractivity contribution is 5.52. The lowest BCUT2D eigenvalue weighted by molar-refractivity contribution is 0.0243. The highest BCUT2D eigenvalue weighted by Crippen LogP contribution is 2.30. The molecule has 0 bridgehead atoms. The molecule has 0 aromatic heterocycles. The summed E-state index contributed by atoms with van der Waals surface area (Å²) in [6.45, 7) is 0.0149. The number of aliphatic hydroxyl groups is 3. The summed E-state index contributed by atoms with van der Waals surface area (Å²) in [6.07, 6.45) is 6.70. The van der Waals surface area contributed by atoms with Crippen molar-refractivity contribution in [3.8, 4) is 0 Å². The van der Waals surface area contributed by atoms with Gasteiger partial charge in [0, 0.05) is 6.54 Å². The quantitative estimate of drug-likeness (QED) is 0.665. The van der Waals surface area contributed by atoms with Crippen LogP contribution in [0.2, 0.25) is 0 Å². The Morgan fingerprint density at radius 3 is 2.57 bits per heavy atom. The topological polar surface area (TPSA) is 86.7 Å². The van der Waals surface area contributed by atoms with Gasteiger partial charge in [0.2, 0.25) is 0 Å². The number of hydrogen-bond donors (Lipinski definition) is 4. The molecule has 2 rings (SSSR count). The lowest BCUT2D eigenvalue weighted by Gasteiger charge is -2.28. The van der Waals surface area contributed by atoms with Crippen LogP contribution < -0.4 is 5.73 Å². The number of hydrogen-bond acceptors (Lipinski definition) is 4. The first-order valence-corrected chi connectivity index (χ1v) is 7.62. The minimum atomic E-state index is -0.985. The maximum absolute atomic E-state index is 10.4. The van der Waals surface area contributed by atoms with Gasteiger partial charge in [-0.05, 0) is 30.0 Å². The van der Waals surface area contributed by atoms with Crippen molar-refractivity contribution in [2.75, 3.05) is 6.54 Å². The average Bonchev–Trinajstić information content (AvgIpc) is 2.52. The zero-order valence-electron chi connectivity index (χ0n) is 12.3. The molecule has 1 fully saturated rings. The van der Waals surface area contributed by atoms with Gasteiger partial charge in [-0.25, -0.2) is 0 Å². The van der Waals surface area contributed by atoms with E-state index in [0.717, 1.165) is 31.2 Å². The first-order valence-electron chi connectivity index (χ1n) is 7.62. The van der Waals surface area contributed by atoms with Gasteiger partial charge in [-0.1, -0.05) is 49.6 Å². The SMILES string of the molecule is NC[C@H](O)[C@H](O)c1cccc(C=CC2(O)CCCCC2)c1. The third-order valence-electron chi connectivity index (χ3n) is 4.16. The maximum Gasteiger partial charge on any atom is 0.106 e. The Balaban J connectivity index is 2.10. The van der Waals surface area contributed by atoms with E-state index in [-0.39, 0.29) is 6.54 Å². The van der Waals surface area contributed by atoms with E-state index in [0.29, 0.717) is 5.56 Å². The zero-order chi connectivity index (χ0) is 15.3. The highest BCUT2D eigenvalue weighted by atomic mass is 16.3. The lowest BCUT2D eigenvalue weighted by atomic mass is 9.84. The zero-order valence-corrected chi connectivity index (χ0v) is 12.3. The molecule has 21 heavy (non-hydrogen) atoms. The summed E-state index contributed by atoms with van der Waals surface area (Å²) < 4.78 is 0. The summed E-state index contributed by atoms with van der Waals surface area (Å²) in [7, 11) is 0. The van der Waals surface area contributed by atoms with Gasteiger partial charge in [0.1, 0.15) is 6.10 Å². The Kier molecular flexibility index (Phi) is 5.53. The molecule has 1 aromatic rings. The van der Waals surface area contributed by atoms with Crippen LogP contribution in [0.4, 0.5) is 0 Å². The van der Waals surface area contributed by atoms with Crippen LogP contribution in [0.3, 0.4) is 0 Å². The molecule has 0 radical (unpaired) electrons. The Labute approximate surface area is 125 Å². The molecular formula is C17H25NO3. The second-order valence-electron chi connectivity index (χ2n) is 5.92. The second kappa shape index (κ2) is 7.18. The molecule has 1 aliphatic carbocycles. The molecule has 0 unspecified atom stereocenters. The normalized spacial score (nSPS) is 21.3. The molecule has 5 N–H and O–H groups in total. The van der Waals surface area contributed by atoms with Gasteiger partial charge < -0.3 is 21.1 Å². The number of rotatable bonds is 5. The molecule has 1 aliphatic rings. The largest absolute Gasteiger partial charge is 0.389 e. The Morgan fingerprint density at radius 1 is 1.19 bits per heavy atom. The monoisotopic (exact) mass is 291 g/mol. The van der Waals surface area contributed by atoms with E-state index < -0.39 is 17.8 Å². The predicted octanol–water partition coefficient (Wildman–Crippen LogP) is 1.75. The summed E-state index contributed by atoms with van der Waals surface area (Å²) in [6, 6.07) is 7.31. The molecule has 4 heteroatoms. The fraction of sp³-hybridized carbons (Fsp3) is 0.529. The highest BCUT2D eigenvalue weighted by Gasteiger charge is 2.25. The molecule has 0 heterocycles. The van der Waals surface area contributed by atoms with E-state index in [2.05, 4.69) is 0 Å². The molecule has 2 atom stereocenters. The van der Waals surface area contributed by atoms with Gasteiger partial charge in [-0.2, -0.15) is 0 Å². The van der Waals surface area contributed by atoms with Crippen molar-refractivity contribution in [2.45, 2.75) is 49.9 Å². The molecular weight excluding hydrogens is 266 g/mol. The molecule has 4 nitrogen and oxygen atoms in total. The smallest absolute Gasteiger partial charge is 0.106 e. The van der Waals surface area contributed by atoms with Crippen molar-refractivity contribution in [1.82, 2.24) is 0 Å². The number of aliphatic hydroxyl groups excluding tert-OH is 2. The molecule has 0 saturated heterocycles. The van der Waals surface area contributed by atoms with Crippen molar-refractivity contribution in [3.05, 3.63) is 41.5 Å². The van der Waals surface area contributed by atoms with Crippen LogP contribution in [-0.4, -0.2) is 33.6 Å². The van der Waals surface area contributed by atoms with Gasteiger partial charge >= 0.3 is 0 Å². The third kappa shape index (κ3) is 4.38. The van der Waals surface area contributed by atoms with Crippen LogP contribution in [0.5, 0.6) is 0 Å². The fourth-order valence-electron chi connectivity index (χ4n) is 2.78. The Morgan fingerprint density at radius 2 is 1.90 bits per heavy atom. The maximum atomic E-state index is 10.4. The van der Waals surface area contributed by atoms with Gasteiger partial charge in [-0.15, -0.1) is 0 Å². The van der Waals surface area contributed by atoms with Crippen molar-refractivity contribution in [2.24, 2.45) is 5.73 Å². The predicted molar refractivity (Wildman–Crippen MR) is 83.5 cm³/mol. The molecule has 116 valence electrons. The standard InChI is InChI=1S/C17H25NO3/c18-12-15(19)16(20)14-6-4-5-13(11-14)7-10-17(21)8-2-1-3-9-17/h4-7,10-11,15-16,19-21H,1-3,8-9,12,18H2/t15-,16+/m0/s1. The van der Waals surface area contributed by atoms with Crippen LogP contribution in [0.1, 0.15) is 49.3 Å². The van der Waals surface area contributed by atoms with Gasteiger partial charge in [0.25, 0.3) is 0 Å². The second-order valence-corrected chi connectivity index (χ2v) is 5.92. The van der Waals surface area contributed by atoms with Crippen molar-refractivity contribution >= 4 is 6.08 Å². The number of benzene rings is 1. The molecule has 0 spiro atoms. The van der Waals surface area contributed by atoms with E-state index in [1.807, 2.05) is 30.4 Å². The van der Waals surface area contributed by atoms with Gasteiger partial charge in [-0.3, -0.25) is 0 Å². The van der Waals surface area contributed by atoms with E-state index in [9.17, 15) is 15.3 Å². The minimum Gasteiger partial charge on any atom is -0.389 e. The van der Waals surface area contributed by atoms with Crippen LogP contribution in [0, 0.1) is 0 Å². The Bertz CT molecular complexity index is 481. The molecule has 1 saturated carbocycles. The van der Waals surface area contributed by atoms with E-state index >= 15 is 0 Å². The first kappa shape index (κ1) is 16.2. The fourth-order valence-corrected chi connectivity index (χ4v) is 2.78. The van der Waals surface area contributed by atoms with E-state index in [1.54, 1.807) is 6.07 Å².